The second kappa shape index (κ2) is 8.77. The largest absolute Gasteiger partial charge is 0.379 e. The predicted molar refractivity (Wildman–Crippen MR) is 105 cm³/mol. The van der Waals surface area contributed by atoms with Gasteiger partial charge in [0.05, 0.1) is 24.8 Å². The first kappa shape index (κ1) is 18.3. The summed E-state index contributed by atoms with van der Waals surface area (Å²) in [6, 6.07) is 13.6. The lowest BCUT2D eigenvalue weighted by Gasteiger charge is -2.31. The highest BCUT2D eigenvalue weighted by atomic mass is 16.5. The van der Waals surface area contributed by atoms with E-state index in [0.717, 1.165) is 44.2 Å². The lowest BCUT2D eigenvalue weighted by molar-refractivity contribution is 0.0332. The van der Waals surface area contributed by atoms with Gasteiger partial charge >= 0.3 is 0 Å². The minimum absolute atomic E-state index is 0.0971. The topological polar surface area (TPSA) is 72.3 Å². The number of hydrogen-bond donors (Lipinski definition) is 1. The molecule has 0 bridgehead atoms. The second-order valence-corrected chi connectivity index (χ2v) is 6.72. The number of morpholine rings is 1. The Kier molecular flexibility index (Phi) is 5.75. The molecule has 1 amide bonds. The van der Waals surface area contributed by atoms with Gasteiger partial charge in [-0.25, -0.2) is 9.97 Å². The number of hydrogen-bond acceptors (Lipinski definition) is 5. The van der Waals surface area contributed by atoms with Crippen LogP contribution in [0.15, 0.2) is 67.4 Å². The quantitative estimate of drug-likeness (QED) is 0.712. The van der Waals surface area contributed by atoms with E-state index in [4.69, 9.17) is 4.74 Å². The van der Waals surface area contributed by atoms with Crippen LogP contribution < -0.4 is 5.32 Å². The van der Waals surface area contributed by atoms with Crippen LogP contribution in [0.1, 0.15) is 22.0 Å². The first-order chi connectivity index (χ1) is 13.8. The Hall–Kier alpha value is -3.03. The summed E-state index contributed by atoms with van der Waals surface area (Å²) in [5, 5.41) is 3.17. The number of aromatic nitrogens is 3. The minimum atomic E-state index is -0.133. The normalized spacial score (nSPS) is 15.9. The van der Waals surface area contributed by atoms with E-state index >= 15 is 0 Å². The number of carbonyl (C=O) groups is 1. The number of imidazole rings is 1. The number of nitrogens with zero attached hydrogens (tertiary/aromatic N) is 4. The van der Waals surface area contributed by atoms with E-state index in [1.165, 1.54) is 0 Å². The van der Waals surface area contributed by atoms with E-state index in [0.29, 0.717) is 5.56 Å². The molecule has 7 nitrogen and oxygen atoms in total. The average molecular weight is 377 g/mol. The summed E-state index contributed by atoms with van der Waals surface area (Å²) in [7, 11) is 0. The molecule has 1 N–H and O–H groups in total. The highest BCUT2D eigenvalue weighted by Gasteiger charge is 2.21. The van der Waals surface area contributed by atoms with Crippen LogP contribution in [0.2, 0.25) is 0 Å². The molecule has 4 rings (SSSR count). The van der Waals surface area contributed by atoms with Gasteiger partial charge in [-0.2, -0.15) is 0 Å². The summed E-state index contributed by atoms with van der Waals surface area (Å²) < 4.78 is 7.23. The van der Waals surface area contributed by atoms with Gasteiger partial charge in [-0.15, -0.1) is 0 Å². The molecule has 7 heteroatoms. The van der Waals surface area contributed by atoms with E-state index in [1.807, 2.05) is 42.6 Å². The summed E-state index contributed by atoms with van der Waals surface area (Å²) in [5.41, 5.74) is 1.62. The summed E-state index contributed by atoms with van der Waals surface area (Å²) >= 11 is 0. The number of rotatable bonds is 6. The maximum absolute atomic E-state index is 12.9. The maximum atomic E-state index is 12.9. The van der Waals surface area contributed by atoms with Crippen molar-refractivity contribution in [2.45, 2.75) is 6.04 Å². The summed E-state index contributed by atoms with van der Waals surface area (Å²) in [5.74, 6) is 0.591. The smallest absolute Gasteiger partial charge is 0.253 e. The molecule has 1 fully saturated rings. The molecule has 1 saturated heterocycles. The minimum Gasteiger partial charge on any atom is -0.379 e. The Labute approximate surface area is 164 Å². The van der Waals surface area contributed by atoms with E-state index in [2.05, 4.69) is 20.2 Å². The van der Waals surface area contributed by atoms with Gasteiger partial charge in [-0.1, -0.05) is 30.3 Å². The molecular formula is C21H23N5O2. The number of pyridine rings is 1. The fourth-order valence-corrected chi connectivity index (χ4v) is 3.27. The monoisotopic (exact) mass is 377 g/mol. The van der Waals surface area contributed by atoms with Crippen LogP contribution >= 0.6 is 0 Å². The van der Waals surface area contributed by atoms with Gasteiger partial charge in [-0.3, -0.25) is 14.3 Å². The number of ether oxygens (including phenoxy) is 1. The zero-order chi connectivity index (χ0) is 19.2. The zero-order valence-electron chi connectivity index (χ0n) is 15.6. The summed E-state index contributed by atoms with van der Waals surface area (Å²) in [6.45, 7) is 3.96. The molecule has 0 saturated carbocycles. The Bertz CT molecular complexity index is 875. The van der Waals surface area contributed by atoms with Crippen molar-refractivity contribution >= 4 is 5.91 Å². The number of amides is 1. The van der Waals surface area contributed by atoms with Crippen molar-refractivity contribution in [2.75, 3.05) is 32.8 Å². The third kappa shape index (κ3) is 4.44. The first-order valence-electron chi connectivity index (χ1n) is 9.40. The first-order valence-corrected chi connectivity index (χ1v) is 9.40. The summed E-state index contributed by atoms with van der Waals surface area (Å²) in [4.78, 5) is 23.6. The molecule has 28 heavy (non-hydrogen) atoms. The third-order valence-electron chi connectivity index (χ3n) is 4.83. The van der Waals surface area contributed by atoms with Crippen LogP contribution in [0, 0.1) is 0 Å². The van der Waals surface area contributed by atoms with E-state index < -0.39 is 0 Å². The third-order valence-corrected chi connectivity index (χ3v) is 4.83. The van der Waals surface area contributed by atoms with E-state index in [9.17, 15) is 4.79 Å². The Morgan fingerprint density at radius 3 is 2.64 bits per heavy atom. The molecule has 0 radical (unpaired) electrons. The van der Waals surface area contributed by atoms with E-state index in [-0.39, 0.29) is 11.9 Å². The number of nitrogens with one attached hydrogen (secondary N) is 1. The van der Waals surface area contributed by atoms with Gasteiger partial charge in [-0.05, 0) is 17.7 Å². The summed E-state index contributed by atoms with van der Waals surface area (Å²) in [6.07, 6.45) is 6.78. The van der Waals surface area contributed by atoms with Gasteiger partial charge in [0.1, 0.15) is 12.1 Å². The van der Waals surface area contributed by atoms with Gasteiger partial charge < -0.3 is 10.1 Å². The van der Waals surface area contributed by atoms with Crippen LogP contribution in [0.4, 0.5) is 0 Å². The van der Waals surface area contributed by atoms with Gasteiger partial charge in [0.2, 0.25) is 0 Å². The fourth-order valence-electron chi connectivity index (χ4n) is 3.27. The lowest BCUT2D eigenvalue weighted by atomic mass is 10.1. The Balaban J connectivity index is 1.48. The van der Waals surface area contributed by atoms with Gasteiger partial charge in [0, 0.05) is 38.2 Å². The fraction of sp³-hybridized carbons (Fsp3) is 0.286. The molecule has 1 aromatic carbocycles. The van der Waals surface area contributed by atoms with Crippen molar-refractivity contribution < 1.29 is 9.53 Å². The second-order valence-electron chi connectivity index (χ2n) is 6.72. The maximum Gasteiger partial charge on any atom is 0.253 e. The number of carbonyl (C=O) groups excluding carboxylic acids is 1. The lowest BCUT2D eigenvalue weighted by Crippen LogP contribution is -2.43. The van der Waals surface area contributed by atoms with E-state index in [1.54, 1.807) is 29.4 Å². The van der Waals surface area contributed by atoms with Crippen molar-refractivity contribution in [3.8, 4) is 5.82 Å². The standard InChI is InChI=1S/C21H23N5O2/c27-21(18-6-7-20(23-14-18)26-9-8-22-16-26)24-19(17-4-2-1-3-5-17)15-25-10-12-28-13-11-25/h1-9,14,16,19H,10-13,15H2,(H,24,27). The van der Waals surface area contributed by atoms with Crippen molar-refractivity contribution in [1.29, 1.82) is 0 Å². The van der Waals surface area contributed by atoms with Crippen LogP contribution in [0.25, 0.3) is 5.82 Å². The van der Waals surface area contributed by atoms with Crippen LogP contribution in [-0.4, -0.2) is 58.2 Å². The zero-order valence-corrected chi connectivity index (χ0v) is 15.6. The highest BCUT2D eigenvalue weighted by Crippen LogP contribution is 2.16. The van der Waals surface area contributed by atoms with Crippen LogP contribution in [0.3, 0.4) is 0 Å². The molecule has 1 unspecified atom stereocenters. The van der Waals surface area contributed by atoms with Crippen LogP contribution in [-0.2, 0) is 4.74 Å². The predicted octanol–water partition coefficient (Wildman–Crippen LogP) is 2.07. The molecule has 3 heterocycles. The van der Waals surface area contributed by atoms with Crippen LogP contribution in [0.5, 0.6) is 0 Å². The molecule has 1 aliphatic heterocycles. The molecule has 2 aromatic heterocycles. The Morgan fingerprint density at radius 1 is 1.14 bits per heavy atom. The molecular weight excluding hydrogens is 354 g/mol. The SMILES string of the molecule is O=C(NC(CN1CCOCC1)c1ccccc1)c1ccc(-n2ccnc2)nc1. The molecule has 0 aliphatic carbocycles. The highest BCUT2D eigenvalue weighted by molar-refractivity contribution is 5.94. The molecule has 1 atom stereocenters. The van der Waals surface area contributed by atoms with Gasteiger partial charge in [0.25, 0.3) is 5.91 Å². The van der Waals surface area contributed by atoms with Crippen molar-refractivity contribution in [1.82, 2.24) is 24.8 Å². The number of benzene rings is 1. The average Bonchev–Trinajstić information content (AvgIpc) is 3.30. The molecule has 3 aromatic rings. The molecule has 144 valence electrons. The van der Waals surface area contributed by atoms with Crippen molar-refractivity contribution in [2.24, 2.45) is 0 Å². The van der Waals surface area contributed by atoms with Gasteiger partial charge in [0.15, 0.2) is 0 Å². The molecule has 1 aliphatic rings. The van der Waals surface area contributed by atoms with Crippen molar-refractivity contribution in [3.63, 3.8) is 0 Å². The Morgan fingerprint density at radius 2 is 1.96 bits per heavy atom. The van der Waals surface area contributed by atoms with Crippen molar-refractivity contribution in [3.05, 3.63) is 78.5 Å². The molecule has 0 spiro atoms.